The molecule has 0 aliphatic rings. The van der Waals surface area contributed by atoms with Crippen molar-refractivity contribution in [1.82, 2.24) is 0 Å². The lowest BCUT2D eigenvalue weighted by molar-refractivity contribution is 0.101. The molecule has 0 aliphatic carbocycles. The molecule has 0 spiro atoms. The van der Waals surface area contributed by atoms with Gasteiger partial charge in [-0.3, -0.25) is 4.79 Å². The molecule has 0 heterocycles. The Morgan fingerprint density at radius 2 is 2.08 bits per heavy atom. The average molecular weight is 290 g/mol. The fraction of sp³-hybridized carbons (Fsp3) is 0.300. The third-order valence-electron chi connectivity index (χ3n) is 1.92. The monoisotopic (exact) mass is 290 g/mol. The zero-order valence-electron chi connectivity index (χ0n) is 7.85. The predicted molar refractivity (Wildman–Crippen MR) is 60.5 cm³/mol. The minimum Gasteiger partial charge on any atom is -0.496 e. The van der Waals surface area contributed by atoms with Crippen LogP contribution < -0.4 is 4.74 Å². The van der Waals surface area contributed by atoms with Crippen LogP contribution in [-0.2, 0) is 0 Å². The SMILES string of the molecule is COc1cc(I)cc(C(C)=O)c1C. The first-order chi connectivity index (χ1) is 6.06. The molecule has 0 atom stereocenters. The molecule has 0 radical (unpaired) electrons. The summed E-state index contributed by atoms with van der Waals surface area (Å²) in [7, 11) is 1.61. The van der Waals surface area contributed by atoms with Gasteiger partial charge in [-0.2, -0.15) is 0 Å². The van der Waals surface area contributed by atoms with Crippen LogP contribution in [0.3, 0.4) is 0 Å². The minimum atomic E-state index is 0.0781. The lowest BCUT2D eigenvalue weighted by Gasteiger charge is -2.08. The average Bonchev–Trinajstić information content (AvgIpc) is 2.08. The number of hydrogen-bond acceptors (Lipinski definition) is 2. The van der Waals surface area contributed by atoms with Crippen molar-refractivity contribution in [2.75, 3.05) is 7.11 Å². The second kappa shape index (κ2) is 4.09. The summed E-state index contributed by atoms with van der Waals surface area (Å²) in [5, 5.41) is 0. The van der Waals surface area contributed by atoms with Gasteiger partial charge < -0.3 is 4.74 Å². The van der Waals surface area contributed by atoms with Gasteiger partial charge in [-0.05, 0) is 48.6 Å². The molecule has 0 N–H and O–H groups in total. The predicted octanol–water partition coefficient (Wildman–Crippen LogP) is 2.81. The van der Waals surface area contributed by atoms with Gasteiger partial charge in [0.2, 0.25) is 0 Å². The number of carbonyl (C=O) groups is 1. The summed E-state index contributed by atoms with van der Waals surface area (Å²) in [6.45, 7) is 3.46. The van der Waals surface area contributed by atoms with Gasteiger partial charge in [0.25, 0.3) is 0 Å². The Morgan fingerprint density at radius 1 is 1.46 bits per heavy atom. The van der Waals surface area contributed by atoms with Crippen LogP contribution in [0.4, 0.5) is 0 Å². The number of halogens is 1. The van der Waals surface area contributed by atoms with Gasteiger partial charge in [-0.15, -0.1) is 0 Å². The van der Waals surface area contributed by atoms with Crippen molar-refractivity contribution in [2.24, 2.45) is 0 Å². The van der Waals surface area contributed by atoms with Crippen molar-refractivity contribution in [3.63, 3.8) is 0 Å². The van der Waals surface area contributed by atoms with Crippen LogP contribution in [0.2, 0.25) is 0 Å². The second-order valence-electron chi connectivity index (χ2n) is 2.84. The third-order valence-corrected chi connectivity index (χ3v) is 2.55. The van der Waals surface area contributed by atoms with E-state index in [0.29, 0.717) is 0 Å². The zero-order valence-corrected chi connectivity index (χ0v) is 10.0. The van der Waals surface area contributed by atoms with Crippen molar-refractivity contribution < 1.29 is 9.53 Å². The van der Waals surface area contributed by atoms with Crippen LogP contribution in [0.1, 0.15) is 22.8 Å². The molecule has 13 heavy (non-hydrogen) atoms. The largest absolute Gasteiger partial charge is 0.496 e. The van der Waals surface area contributed by atoms with Crippen molar-refractivity contribution in [2.45, 2.75) is 13.8 Å². The summed E-state index contributed by atoms with van der Waals surface area (Å²) in [5.41, 5.74) is 1.65. The molecule has 0 amide bonds. The van der Waals surface area contributed by atoms with Gasteiger partial charge in [0.1, 0.15) is 5.75 Å². The van der Waals surface area contributed by atoms with E-state index in [9.17, 15) is 4.79 Å². The summed E-state index contributed by atoms with van der Waals surface area (Å²) >= 11 is 2.17. The van der Waals surface area contributed by atoms with Gasteiger partial charge in [0, 0.05) is 14.7 Å². The van der Waals surface area contributed by atoms with E-state index in [2.05, 4.69) is 22.6 Å². The maximum absolute atomic E-state index is 11.2. The first-order valence-electron chi connectivity index (χ1n) is 3.91. The Labute approximate surface area is 91.4 Å². The molecule has 70 valence electrons. The van der Waals surface area contributed by atoms with Crippen molar-refractivity contribution in [1.29, 1.82) is 0 Å². The summed E-state index contributed by atoms with van der Waals surface area (Å²) in [5.74, 6) is 0.853. The van der Waals surface area contributed by atoms with Crippen LogP contribution in [0.15, 0.2) is 12.1 Å². The van der Waals surface area contributed by atoms with E-state index in [4.69, 9.17) is 4.74 Å². The van der Waals surface area contributed by atoms with E-state index in [1.165, 1.54) is 0 Å². The first-order valence-corrected chi connectivity index (χ1v) is 4.99. The summed E-state index contributed by atoms with van der Waals surface area (Å²) < 4.78 is 6.18. The number of Topliss-reactive ketones (excluding diaryl/α,β-unsaturated/α-hetero) is 1. The fourth-order valence-electron chi connectivity index (χ4n) is 1.23. The quantitative estimate of drug-likeness (QED) is 0.618. The Morgan fingerprint density at radius 3 is 2.54 bits per heavy atom. The van der Waals surface area contributed by atoms with Crippen LogP contribution in [0, 0.1) is 10.5 Å². The maximum Gasteiger partial charge on any atom is 0.160 e. The van der Waals surface area contributed by atoms with E-state index in [1.54, 1.807) is 14.0 Å². The first kappa shape index (κ1) is 10.5. The molecular weight excluding hydrogens is 279 g/mol. The molecule has 0 bridgehead atoms. The lowest BCUT2D eigenvalue weighted by Crippen LogP contribution is -1.99. The highest BCUT2D eigenvalue weighted by molar-refractivity contribution is 14.1. The molecule has 0 aliphatic heterocycles. The number of carbonyl (C=O) groups excluding carboxylic acids is 1. The summed E-state index contributed by atoms with van der Waals surface area (Å²) in [6, 6.07) is 3.79. The van der Waals surface area contributed by atoms with Crippen molar-refractivity contribution in [3.05, 3.63) is 26.8 Å². The number of benzene rings is 1. The zero-order chi connectivity index (χ0) is 10.0. The smallest absolute Gasteiger partial charge is 0.160 e. The fourth-order valence-corrected chi connectivity index (χ4v) is 1.83. The Hall–Kier alpha value is -0.580. The number of ketones is 1. The number of ether oxygens (including phenoxy) is 1. The second-order valence-corrected chi connectivity index (χ2v) is 4.08. The van der Waals surface area contributed by atoms with E-state index < -0.39 is 0 Å². The molecule has 0 saturated carbocycles. The van der Waals surface area contributed by atoms with Gasteiger partial charge >= 0.3 is 0 Å². The standard InChI is InChI=1S/C10H11IO2/c1-6-9(7(2)12)4-8(11)5-10(6)13-3/h4-5H,1-3H3. The van der Waals surface area contributed by atoms with E-state index in [-0.39, 0.29) is 5.78 Å². The highest BCUT2D eigenvalue weighted by Gasteiger charge is 2.09. The third kappa shape index (κ3) is 2.21. The molecular formula is C10H11IO2. The van der Waals surface area contributed by atoms with Gasteiger partial charge in [0.05, 0.1) is 7.11 Å². The van der Waals surface area contributed by atoms with Crippen molar-refractivity contribution >= 4 is 28.4 Å². The minimum absolute atomic E-state index is 0.0781. The van der Waals surface area contributed by atoms with Crippen LogP contribution in [0.5, 0.6) is 5.75 Å². The Kier molecular flexibility index (Phi) is 3.30. The summed E-state index contributed by atoms with van der Waals surface area (Å²) in [4.78, 5) is 11.2. The summed E-state index contributed by atoms with van der Waals surface area (Å²) in [6.07, 6.45) is 0. The highest BCUT2D eigenvalue weighted by atomic mass is 127. The van der Waals surface area contributed by atoms with Gasteiger partial charge in [-0.1, -0.05) is 0 Å². The normalized spacial score (nSPS) is 9.85. The number of rotatable bonds is 2. The maximum atomic E-state index is 11.2. The van der Waals surface area contributed by atoms with E-state index in [0.717, 1.165) is 20.4 Å². The molecule has 0 fully saturated rings. The molecule has 1 rings (SSSR count). The van der Waals surface area contributed by atoms with Gasteiger partial charge in [-0.25, -0.2) is 0 Å². The molecule has 3 heteroatoms. The lowest BCUT2D eigenvalue weighted by atomic mass is 10.1. The molecule has 1 aromatic rings. The van der Waals surface area contributed by atoms with E-state index in [1.807, 2.05) is 19.1 Å². The number of hydrogen-bond donors (Lipinski definition) is 0. The van der Waals surface area contributed by atoms with Gasteiger partial charge in [0.15, 0.2) is 5.78 Å². The van der Waals surface area contributed by atoms with Crippen LogP contribution in [0.25, 0.3) is 0 Å². The number of methoxy groups -OCH3 is 1. The highest BCUT2D eigenvalue weighted by Crippen LogP contribution is 2.24. The molecule has 1 aromatic carbocycles. The van der Waals surface area contributed by atoms with Crippen LogP contribution >= 0.6 is 22.6 Å². The van der Waals surface area contributed by atoms with Crippen molar-refractivity contribution in [3.8, 4) is 5.75 Å². The Balaban J connectivity index is 3.35. The molecule has 0 saturated heterocycles. The molecule has 0 unspecified atom stereocenters. The van der Waals surface area contributed by atoms with Crippen LogP contribution in [-0.4, -0.2) is 12.9 Å². The Bertz CT molecular complexity index is 345. The molecule has 2 nitrogen and oxygen atoms in total. The topological polar surface area (TPSA) is 26.3 Å². The molecule has 0 aromatic heterocycles. The van der Waals surface area contributed by atoms with E-state index >= 15 is 0 Å².